The average Bonchev–Trinajstić information content (AvgIpc) is 2.76. The number of hydrogen-bond acceptors (Lipinski definition) is 4. The Morgan fingerprint density at radius 3 is 2.19 bits per heavy atom. The molecule has 0 fully saturated rings. The largest absolute Gasteiger partial charge is 0.389 e. The Morgan fingerprint density at radius 2 is 1.69 bits per heavy atom. The first kappa shape index (κ1) is 30.1. The molecule has 0 heterocycles. The van der Waals surface area contributed by atoms with Gasteiger partial charge in [-0.3, -0.25) is 9.59 Å². The summed E-state index contributed by atoms with van der Waals surface area (Å²) in [6.07, 6.45) is 4.54. The number of hydrogen-bond donors (Lipinski definition) is 0. The van der Waals surface area contributed by atoms with E-state index in [-0.39, 0.29) is 54.0 Å². The summed E-state index contributed by atoms with van der Waals surface area (Å²) in [5.41, 5.74) is 0. The second-order valence-corrected chi connectivity index (χ2v) is 9.36. The summed E-state index contributed by atoms with van der Waals surface area (Å²) in [6, 6.07) is -0.175. The molecule has 0 saturated heterocycles. The van der Waals surface area contributed by atoms with Crippen molar-refractivity contribution in [2.24, 2.45) is 22.7 Å². The van der Waals surface area contributed by atoms with E-state index in [9.17, 15) is 14.4 Å². The Morgan fingerprint density at radius 1 is 1.06 bits per heavy atom. The highest BCUT2D eigenvalue weighted by atomic mass is 16.5. The molecule has 184 valence electrons. The van der Waals surface area contributed by atoms with E-state index < -0.39 is 0 Å². The topological polar surface area (TPSA) is 79.0 Å². The lowest BCUT2D eigenvalue weighted by Crippen LogP contribution is -2.50. The van der Waals surface area contributed by atoms with Crippen molar-refractivity contribution in [1.29, 1.82) is 0 Å². The fourth-order valence-electron chi connectivity index (χ4n) is 3.88. The van der Waals surface area contributed by atoms with Gasteiger partial charge in [-0.25, -0.2) is 9.79 Å². The zero-order chi connectivity index (χ0) is 24.8. The maximum Gasteiger partial charge on any atom is 0.389 e. The van der Waals surface area contributed by atoms with E-state index in [2.05, 4.69) is 32.3 Å². The number of likely N-dealkylation sites (N-methyl/N-ethyl adjacent to an activating group) is 1. The van der Waals surface area contributed by atoms with Crippen LogP contribution in [0.5, 0.6) is 0 Å². The minimum Gasteiger partial charge on any atom is -0.379 e. The number of aliphatic imine (C=N–C) groups is 1. The molecule has 7 heteroatoms. The third kappa shape index (κ3) is 10.6. The van der Waals surface area contributed by atoms with Gasteiger partial charge in [0.05, 0.1) is 12.1 Å². The van der Waals surface area contributed by atoms with Crippen molar-refractivity contribution in [3.05, 3.63) is 0 Å². The van der Waals surface area contributed by atoms with Crippen LogP contribution in [0, 0.1) is 17.8 Å². The Balaban J connectivity index is 4.86. The molecule has 0 aliphatic rings. The van der Waals surface area contributed by atoms with Crippen molar-refractivity contribution in [2.45, 2.75) is 91.7 Å². The third-order valence-corrected chi connectivity index (χ3v) is 6.21. The SMILES string of the molecule is C=NC(=O)[C@H](C)CCCCC[N+](=C)C(=O)C[C@@H](OC)[C@H]([C@@H](C)CC)N(C)C(=O)CC(C)C. The number of carbonyl (C=O) groups excluding carboxylic acids is 3. The van der Waals surface area contributed by atoms with Crippen molar-refractivity contribution in [3.8, 4) is 0 Å². The van der Waals surface area contributed by atoms with Gasteiger partial charge >= 0.3 is 5.91 Å². The van der Waals surface area contributed by atoms with Crippen LogP contribution in [0.2, 0.25) is 0 Å². The zero-order valence-electron chi connectivity index (χ0n) is 21.4. The Hall–Kier alpha value is -1.89. The van der Waals surface area contributed by atoms with Gasteiger partial charge in [0.25, 0.3) is 0 Å². The van der Waals surface area contributed by atoms with Crippen molar-refractivity contribution in [2.75, 3.05) is 20.7 Å². The summed E-state index contributed by atoms with van der Waals surface area (Å²) in [5.74, 6) is 0.175. The van der Waals surface area contributed by atoms with Crippen LogP contribution in [0.3, 0.4) is 0 Å². The lowest BCUT2D eigenvalue weighted by molar-refractivity contribution is -0.443. The molecule has 0 aliphatic heterocycles. The summed E-state index contributed by atoms with van der Waals surface area (Å²) in [6.45, 7) is 17.8. The van der Waals surface area contributed by atoms with Gasteiger partial charge in [0.15, 0.2) is 6.54 Å². The molecule has 0 N–H and O–H groups in total. The predicted octanol–water partition coefficient (Wildman–Crippen LogP) is 3.97. The molecule has 4 atom stereocenters. The highest BCUT2D eigenvalue weighted by Crippen LogP contribution is 2.23. The van der Waals surface area contributed by atoms with Gasteiger partial charge < -0.3 is 9.64 Å². The van der Waals surface area contributed by atoms with Gasteiger partial charge in [0.2, 0.25) is 11.8 Å². The summed E-state index contributed by atoms with van der Waals surface area (Å²) >= 11 is 0. The van der Waals surface area contributed by atoms with E-state index in [1.165, 1.54) is 4.58 Å². The molecule has 7 nitrogen and oxygen atoms in total. The summed E-state index contributed by atoms with van der Waals surface area (Å²) in [7, 11) is 3.41. The van der Waals surface area contributed by atoms with Crippen LogP contribution in [0.25, 0.3) is 0 Å². The van der Waals surface area contributed by atoms with Crippen LogP contribution < -0.4 is 0 Å². The standard InChI is InChI=1S/C25H46N3O4/c1-10-19(4)24(28(8)23(30)16-18(2)3)21(32-9)17-22(29)27(7)15-13-11-12-14-20(5)25(31)26-6/h18-21,24H,6-7,10-17H2,1-5,8-9H3/q+1/t19-,20+,21+,24-/m0/s1. The van der Waals surface area contributed by atoms with E-state index in [1.807, 2.05) is 27.8 Å². The van der Waals surface area contributed by atoms with Gasteiger partial charge in [-0.2, -0.15) is 4.58 Å². The Kier molecular flexibility index (Phi) is 14.9. The minimum absolute atomic E-state index is 0.0747. The van der Waals surface area contributed by atoms with E-state index in [1.54, 1.807) is 12.0 Å². The average molecular weight is 453 g/mol. The summed E-state index contributed by atoms with van der Waals surface area (Å²) < 4.78 is 7.22. The van der Waals surface area contributed by atoms with Gasteiger partial charge in [0.1, 0.15) is 13.1 Å². The number of ether oxygens (including phenoxy) is 1. The first-order chi connectivity index (χ1) is 15.0. The fraction of sp³-hybridized carbons (Fsp3) is 0.800. The smallest absolute Gasteiger partial charge is 0.379 e. The van der Waals surface area contributed by atoms with Crippen LogP contribution in [0.15, 0.2) is 4.99 Å². The second kappa shape index (κ2) is 15.8. The molecule has 0 radical (unpaired) electrons. The van der Waals surface area contributed by atoms with Gasteiger partial charge in [-0.1, -0.05) is 47.5 Å². The number of methoxy groups -OCH3 is 1. The van der Waals surface area contributed by atoms with Crippen molar-refractivity contribution in [1.82, 2.24) is 4.90 Å². The monoisotopic (exact) mass is 452 g/mol. The molecule has 0 rings (SSSR count). The van der Waals surface area contributed by atoms with Crippen molar-refractivity contribution >= 4 is 31.2 Å². The molecule has 0 aromatic rings. The molecule has 0 aromatic carbocycles. The van der Waals surface area contributed by atoms with Crippen molar-refractivity contribution in [3.63, 3.8) is 0 Å². The lowest BCUT2D eigenvalue weighted by atomic mass is 9.90. The van der Waals surface area contributed by atoms with Crippen LogP contribution in [-0.2, 0) is 19.1 Å². The first-order valence-corrected chi connectivity index (χ1v) is 11.9. The molecule has 0 unspecified atom stereocenters. The molecular formula is C25H46N3O4+. The highest BCUT2D eigenvalue weighted by Gasteiger charge is 2.35. The Bertz CT molecular complexity index is 633. The van der Waals surface area contributed by atoms with Crippen molar-refractivity contribution < 1.29 is 23.7 Å². The zero-order valence-corrected chi connectivity index (χ0v) is 21.4. The molecule has 32 heavy (non-hydrogen) atoms. The van der Waals surface area contributed by atoms with Gasteiger partial charge in [-0.05, 0) is 31.4 Å². The summed E-state index contributed by atoms with van der Waals surface area (Å²) in [4.78, 5) is 42.2. The van der Waals surface area contributed by atoms with E-state index in [4.69, 9.17) is 4.74 Å². The lowest BCUT2D eigenvalue weighted by Gasteiger charge is -2.37. The number of amides is 3. The number of carbonyl (C=O) groups is 3. The molecule has 0 aliphatic carbocycles. The first-order valence-electron chi connectivity index (χ1n) is 11.9. The number of nitrogens with zero attached hydrogens (tertiary/aromatic N) is 3. The molecular weight excluding hydrogens is 406 g/mol. The molecule has 0 aromatic heterocycles. The van der Waals surface area contributed by atoms with Crippen LogP contribution >= 0.6 is 0 Å². The minimum atomic E-state index is -0.388. The molecule has 0 spiro atoms. The maximum atomic E-state index is 12.8. The number of rotatable bonds is 16. The Labute approximate surface area is 195 Å². The van der Waals surface area contributed by atoms with Gasteiger partial charge in [0, 0.05) is 32.9 Å². The van der Waals surface area contributed by atoms with Crippen LogP contribution in [0.4, 0.5) is 0 Å². The summed E-state index contributed by atoms with van der Waals surface area (Å²) in [5, 5.41) is 0. The molecule has 0 bridgehead atoms. The normalized spacial score (nSPS) is 15.0. The van der Waals surface area contributed by atoms with Crippen LogP contribution in [-0.4, -0.2) is 73.5 Å². The predicted molar refractivity (Wildman–Crippen MR) is 130 cm³/mol. The van der Waals surface area contributed by atoms with E-state index >= 15 is 0 Å². The molecule has 3 amide bonds. The maximum absolute atomic E-state index is 12.8. The van der Waals surface area contributed by atoms with Gasteiger partial charge in [-0.15, -0.1) is 0 Å². The van der Waals surface area contributed by atoms with Crippen LogP contribution in [0.1, 0.15) is 79.6 Å². The quantitative estimate of drug-likeness (QED) is 0.202. The highest BCUT2D eigenvalue weighted by molar-refractivity contribution is 5.82. The molecule has 0 saturated carbocycles. The number of unbranched alkanes of at least 4 members (excludes halogenated alkanes) is 2. The second-order valence-electron chi connectivity index (χ2n) is 9.36. The fourth-order valence-corrected chi connectivity index (χ4v) is 3.88. The van der Waals surface area contributed by atoms with E-state index in [0.717, 1.165) is 32.1 Å². The van der Waals surface area contributed by atoms with E-state index in [0.29, 0.717) is 13.0 Å². The third-order valence-electron chi connectivity index (χ3n) is 6.21.